The van der Waals surface area contributed by atoms with Gasteiger partial charge in [0.15, 0.2) is 0 Å². The van der Waals surface area contributed by atoms with Gasteiger partial charge in [0.05, 0.1) is 0 Å². The van der Waals surface area contributed by atoms with Crippen molar-refractivity contribution in [2.75, 3.05) is 6.54 Å². The largest absolute Gasteiger partial charge is 0.310 e. The lowest BCUT2D eigenvalue weighted by Gasteiger charge is -2.10. The van der Waals surface area contributed by atoms with Crippen LogP contribution < -0.4 is 10.0 Å². The highest BCUT2D eigenvalue weighted by atomic mass is 32.2. The predicted molar refractivity (Wildman–Crippen MR) is 88.0 cm³/mol. The Morgan fingerprint density at radius 2 is 2.10 bits per heavy atom. The zero-order valence-electron chi connectivity index (χ0n) is 13.1. The molecule has 2 rings (SSSR count). The molecule has 2 atom stereocenters. The summed E-state index contributed by atoms with van der Waals surface area (Å²) in [5, 5.41) is 3.30. The summed E-state index contributed by atoms with van der Waals surface area (Å²) in [5.74, 6) is 1.23. The van der Waals surface area contributed by atoms with Crippen LogP contribution in [0.5, 0.6) is 0 Å². The van der Waals surface area contributed by atoms with E-state index in [4.69, 9.17) is 0 Å². The summed E-state index contributed by atoms with van der Waals surface area (Å²) in [6, 6.07) is 4.00. The smallest absolute Gasteiger partial charge is 0.250 e. The summed E-state index contributed by atoms with van der Waals surface area (Å²) in [4.78, 5) is 1.05. The van der Waals surface area contributed by atoms with Crippen molar-refractivity contribution < 1.29 is 8.42 Å². The zero-order chi connectivity index (χ0) is 15.5. The Kier molecular flexibility index (Phi) is 5.82. The third kappa shape index (κ3) is 5.06. The average Bonchev–Trinajstić information content (AvgIpc) is 3.03. The molecular formula is C15H26N2O2S2. The van der Waals surface area contributed by atoms with Crippen LogP contribution in [0.2, 0.25) is 0 Å². The molecule has 1 aromatic rings. The molecule has 0 spiro atoms. The van der Waals surface area contributed by atoms with Crippen LogP contribution in [0.1, 0.15) is 44.9 Å². The molecule has 0 aliphatic heterocycles. The minimum atomic E-state index is -3.34. The van der Waals surface area contributed by atoms with Crippen LogP contribution in [0.25, 0.3) is 0 Å². The molecular weight excluding hydrogens is 304 g/mol. The third-order valence-corrected chi connectivity index (χ3v) is 6.95. The van der Waals surface area contributed by atoms with Gasteiger partial charge in [0.2, 0.25) is 10.0 Å². The van der Waals surface area contributed by atoms with E-state index in [0.29, 0.717) is 22.7 Å². The van der Waals surface area contributed by atoms with Gasteiger partial charge in [-0.2, -0.15) is 0 Å². The van der Waals surface area contributed by atoms with E-state index >= 15 is 0 Å². The van der Waals surface area contributed by atoms with E-state index in [9.17, 15) is 8.42 Å². The Hall–Kier alpha value is -0.430. The van der Waals surface area contributed by atoms with E-state index in [1.165, 1.54) is 17.8 Å². The van der Waals surface area contributed by atoms with Gasteiger partial charge in [-0.05, 0) is 36.8 Å². The molecule has 4 nitrogen and oxygen atoms in total. The Morgan fingerprint density at radius 1 is 1.33 bits per heavy atom. The minimum absolute atomic E-state index is 0.398. The number of thiophene rings is 1. The summed E-state index contributed by atoms with van der Waals surface area (Å²) < 4.78 is 27.8. The highest BCUT2D eigenvalue weighted by molar-refractivity contribution is 7.91. The van der Waals surface area contributed by atoms with Gasteiger partial charge in [-0.1, -0.05) is 27.2 Å². The van der Waals surface area contributed by atoms with Gasteiger partial charge in [-0.25, -0.2) is 13.1 Å². The fraction of sp³-hybridized carbons (Fsp3) is 0.733. The van der Waals surface area contributed by atoms with E-state index in [2.05, 4.69) is 30.8 Å². The second-order valence-corrected chi connectivity index (χ2v) is 9.55. The Labute approximate surface area is 132 Å². The number of sulfonamides is 1. The highest BCUT2D eigenvalue weighted by Gasteiger charge is 2.24. The molecule has 1 fully saturated rings. The average molecular weight is 331 g/mol. The molecule has 1 aromatic heterocycles. The SMILES string of the molecule is CC1CCC(CNS(=O)(=O)c2ccc(CNC(C)C)s2)C1. The van der Waals surface area contributed by atoms with Crippen molar-refractivity contribution in [3.63, 3.8) is 0 Å². The van der Waals surface area contributed by atoms with Crippen LogP contribution in [0.15, 0.2) is 16.3 Å². The molecule has 1 aliphatic carbocycles. The van der Waals surface area contributed by atoms with Crippen LogP contribution in [0.4, 0.5) is 0 Å². The monoisotopic (exact) mass is 330 g/mol. The normalized spacial score (nSPS) is 23.0. The molecule has 1 saturated carbocycles. The number of hydrogen-bond donors (Lipinski definition) is 2. The lowest BCUT2D eigenvalue weighted by molar-refractivity contribution is 0.499. The first-order valence-corrected chi connectivity index (χ1v) is 9.98. The fourth-order valence-electron chi connectivity index (χ4n) is 2.71. The molecule has 21 heavy (non-hydrogen) atoms. The molecule has 2 unspecified atom stereocenters. The maximum Gasteiger partial charge on any atom is 0.250 e. The maximum atomic E-state index is 12.3. The standard InChI is InChI=1S/C15H26N2O2S2/c1-11(2)16-10-14-6-7-15(20-14)21(18,19)17-9-13-5-4-12(3)8-13/h6-7,11-13,16-17H,4-5,8-10H2,1-3H3. The summed E-state index contributed by atoms with van der Waals surface area (Å²) in [6.45, 7) is 7.69. The maximum absolute atomic E-state index is 12.3. The van der Waals surface area contributed by atoms with Gasteiger partial charge in [0, 0.05) is 24.0 Å². The Morgan fingerprint density at radius 3 is 2.71 bits per heavy atom. The van der Waals surface area contributed by atoms with Gasteiger partial charge in [0.1, 0.15) is 4.21 Å². The van der Waals surface area contributed by atoms with Crippen molar-refractivity contribution in [2.45, 2.75) is 56.8 Å². The van der Waals surface area contributed by atoms with Gasteiger partial charge < -0.3 is 5.32 Å². The molecule has 1 heterocycles. The minimum Gasteiger partial charge on any atom is -0.310 e. The van der Waals surface area contributed by atoms with Crippen molar-refractivity contribution in [1.82, 2.24) is 10.0 Å². The molecule has 120 valence electrons. The van der Waals surface area contributed by atoms with Crippen molar-refractivity contribution in [2.24, 2.45) is 11.8 Å². The first kappa shape index (κ1) is 16.9. The summed E-state index contributed by atoms with van der Waals surface area (Å²) in [7, 11) is -3.34. The second kappa shape index (κ2) is 7.22. The third-order valence-electron chi connectivity index (χ3n) is 3.95. The molecule has 0 saturated heterocycles. The first-order chi connectivity index (χ1) is 9.87. The van der Waals surface area contributed by atoms with E-state index in [1.54, 1.807) is 6.07 Å². The van der Waals surface area contributed by atoms with Crippen molar-refractivity contribution >= 4 is 21.4 Å². The van der Waals surface area contributed by atoms with Crippen LogP contribution in [-0.4, -0.2) is 21.0 Å². The van der Waals surface area contributed by atoms with E-state index in [1.807, 2.05) is 6.07 Å². The predicted octanol–water partition coefficient (Wildman–Crippen LogP) is 2.96. The molecule has 0 radical (unpaired) electrons. The quantitative estimate of drug-likeness (QED) is 0.808. The molecule has 0 bridgehead atoms. The van der Waals surface area contributed by atoms with Crippen LogP contribution in [-0.2, 0) is 16.6 Å². The number of nitrogens with one attached hydrogen (secondary N) is 2. The van der Waals surface area contributed by atoms with Gasteiger partial charge in [-0.15, -0.1) is 11.3 Å². The summed E-state index contributed by atoms with van der Waals surface area (Å²) in [5.41, 5.74) is 0. The number of rotatable bonds is 7. The van der Waals surface area contributed by atoms with Crippen LogP contribution in [0.3, 0.4) is 0 Å². The van der Waals surface area contributed by atoms with Crippen molar-refractivity contribution in [3.05, 3.63) is 17.0 Å². The topological polar surface area (TPSA) is 58.2 Å². The van der Waals surface area contributed by atoms with Crippen molar-refractivity contribution in [3.8, 4) is 0 Å². The molecule has 0 aromatic carbocycles. The van der Waals surface area contributed by atoms with Crippen LogP contribution >= 0.6 is 11.3 Å². The Bertz CT molecular complexity index is 552. The van der Waals surface area contributed by atoms with Crippen LogP contribution in [0, 0.1) is 11.8 Å². The van der Waals surface area contributed by atoms with Crippen molar-refractivity contribution in [1.29, 1.82) is 0 Å². The van der Waals surface area contributed by atoms with Gasteiger partial charge in [-0.3, -0.25) is 0 Å². The van der Waals surface area contributed by atoms with E-state index in [0.717, 1.165) is 30.2 Å². The molecule has 6 heteroatoms. The lowest BCUT2D eigenvalue weighted by atomic mass is 10.1. The first-order valence-electron chi connectivity index (χ1n) is 7.68. The second-order valence-electron chi connectivity index (χ2n) is 6.39. The zero-order valence-corrected chi connectivity index (χ0v) is 14.7. The number of hydrogen-bond acceptors (Lipinski definition) is 4. The fourth-order valence-corrected chi connectivity index (χ4v) is 5.18. The Balaban J connectivity index is 1.90. The van der Waals surface area contributed by atoms with Gasteiger partial charge in [0.25, 0.3) is 0 Å². The summed E-state index contributed by atoms with van der Waals surface area (Å²) >= 11 is 1.35. The van der Waals surface area contributed by atoms with E-state index < -0.39 is 10.0 Å². The van der Waals surface area contributed by atoms with E-state index in [-0.39, 0.29) is 0 Å². The lowest BCUT2D eigenvalue weighted by Crippen LogP contribution is -2.28. The summed E-state index contributed by atoms with van der Waals surface area (Å²) in [6.07, 6.45) is 3.49. The molecule has 1 aliphatic rings. The van der Waals surface area contributed by atoms with Gasteiger partial charge >= 0.3 is 0 Å². The molecule has 2 N–H and O–H groups in total. The highest BCUT2D eigenvalue weighted by Crippen LogP contribution is 2.30. The molecule has 0 amide bonds.